The first-order valence-corrected chi connectivity index (χ1v) is 13.3. The highest BCUT2D eigenvalue weighted by molar-refractivity contribution is 7.89. The lowest BCUT2D eigenvalue weighted by Gasteiger charge is -2.34. The van der Waals surface area contributed by atoms with Crippen LogP contribution in [0.1, 0.15) is 25.2 Å². The molecule has 0 saturated carbocycles. The van der Waals surface area contributed by atoms with Gasteiger partial charge in [0, 0.05) is 31.6 Å². The molecule has 1 aromatic heterocycles. The number of sulfonamides is 1. The molecule has 4 rings (SSSR count). The van der Waals surface area contributed by atoms with Crippen LogP contribution in [0.3, 0.4) is 0 Å². The maximum absolute atomic E-state index is 13.7. The van der Waals surface area contributed by atoms with Crippen molar-refractivity contribution in [1.82, 2.24) is 19.2 Å². The molecule has 2 aromatic carbocycles. The number of halogens is 1. The Morgan fingerprint density at radius 3 is 2.47 bits per heavy atom. The maximum Gasteiger partial charge on any atom is 0.243 e. The number of nitrogens with two attached hydrogens (primary N) is 1. The monoisotopic (exact) mass is 514 g/mol. The summed E-state index contributed by atoms with van der Waals surface area (Å²) in [6.45, 7) is 7.38. The molecule has 11 heteroatoms. The molecule has 1 aliphatic heterocycles. The second-order valence-corrected chi connectivity index (χ2v) is 11.3. The van der Waals surface area contributed by atoms with Gasteiger partial charge in [0.05, 0.1) is 17.0 Å². The summed E-state index contributed by atoms with van der Waals surface area (Å²) in [5.74, 6) is 0.0274. The number of nitrogens with zero attached hydrogens (tertiary/aromatic N) is 4. The molecule has 0 unspecified atom stereocenters. The van der Waals surface area contributed by atoms with E-state index in [0.29, 0.717) is 36.8 Å². The van der Waals surface area contributed by atoms with E-state index < -0.39 is 27.8 Å². The Morgan fingerprint density at radius 1 is 1.11 bits per heavy atom. The third-order valence-corrected chi connectivity index (χ3v) is 8.42. The van der Waals surface area contributed by atoms with Gasteiger partial charge in [0.15, 0.2) is 0 Å². The molecule has 1 amide bonds. The SMILES string of the molecule is Cc1ccc(F)cc1S(=O)(=O)N1CCN(Cc2nc(N[C@H](C(N)=O)C(C)C)c3ccccc3n2)CC1. The molecule has 2 heterocycles. The van der Waals surface area contributed by atoms with Gasteiger partial charge in [0.2, 0.25) is 15.9 Å². The summed E-state index contributed by atoms with van der Waals surface area (Å²) in [4.78, 5) is 23.4. The first-order valence-electron chi connectivity index (χ1n) is 11.9. The van der Waals surface area contributed by atoms with Crippen molar-refractivity contribution >= 4 is 32.7 Å². The molecule has 9 nitrogen and oxygen atoms in total. The van der Waals surface area contributed by atoms with E-state index in [2.05, 4.69) is 15.2 Å². The predicted octanol–water partition coefficient (Wildman–Crippen LogP) is 2.51. The van der Waals surface area contributed by atoms with Crippen LogP contribution >= 0.6 is 0 Å². The van der Waals surface area contributed by atoms with Gasteiger partial charge in [0.25, 0.3) is 0 Å². The van der Waals surface area contributed by atoms with E-state index in [9.17, 15) is 17.6 Å². The number of benzene rings is 2. The Morgan fingerprint density at radius 2 is 1.81 bits per heavy atom. The standard InChI is InChI=1S/C25H31FN6O3S/c1-16(2)23(24(27)33)30-25-19-6-4-5-7-20(19)28-22(29-25)15-31-10-12-32(13-11-31)36(34,35)21-14-18(26)9-8-17(21)3/h4-9,14,16,23H,10-13,15H2,1-3H3,(H2,27,33)(H,28,29,30)/t23-/m0/s1. The molecule has 1 saturated heterocycles. The number of carbonyl (C=O) groups is 1. The highest BCUT2D eigenvalue weighted by Crippen LogP contribution is 2.25. The summed E-state index contributed by atoms with van der Waals surface area (Å²) in [6.07, 6.45) is 0. The van der Waals surface area contributed by atoms with E-state index >= 15 is 0 Å². The van der Waals surface area contributed by atoms with Crippen LogP contribution in [0.4, 0.5) is 10.2 Å². The number of amides is 1. The fourth-order valence-corrected chi connectivity index (χ4v) is 6.00. The van der Waals surface area contributed by atoms with Crippen molar-refractivity contribution in [3.63, 3.8) is 0 Å². The molecule has 0 spiro atoms. The van der Waals surface area contributed by atoms with Crippen LogP contribution < -0.4 is 11.1 Å². The van der Waals surface area contributed by atoms with Crippen molar-refractivity contribution in [2.24, 2.45) is 11.7 Å². The summed E-state index contributed by atoms with van der Waals surface area (Å²) >= 11 is 0. The number of rotatable bonds is 8. The van der Waals surface area contributed by atoms with Gasteiger partial charge in [-0.2, -0.15) is 4.31 Å². The Balaban J connectivity index is 1.51. The van der Waals surface area contributed by atoms with Crippen LogP contribution in [0, 0.1) is 18.7 Å². The second kappa shape index (κ2) is 10.5. The van der Waals surface area contributed by atoms with Crippen LogP contribution in [0.25, 0.3) is 10.9 Å². The van der Waals surface area contributed by atoms with Gasteiger partial charge in [-0.05, 0) is 42.7 Å². The Bertz CT molecular complexity index is 1370. The zero-order chi connectivity index (χ0) is 26.0. The highest BCUT2D eigenvalue weighted by Gasteiger charge is 2.30. The Labute approximate surface area is 210 Å². The number of aromatic nitrogens is 2. The predicted molar refractivity (Wildman–Crippen MR) is 136 cm³/mol. The van der Waals surface area contributed by atoms with Crippen molar-refractivity contribution < 1.29 is 17.6 Å². The summed E-state index contributed by atoms with van der Waals surface area (Å²) in [7, 11) is -3.80. The van der Waals surface area contributed by atoms with E-state index in [1.807, 2.05) is 38.1 Å². The fourth-order valence-electron chi connectivity index (χ4n) is 4.34. The lowest BCUT2D eigenvalue weighted by atomic mass is 10.0. The van der Waals surface area contributed by atoms with Crippen molar-refractivity contribution in [1.29, 1.82) is 0 Å². The second-order valence-electron chi connectivity index (χ2n) is 9.36. The van der Waals surface area contributed by atoms with Gasteiger partial charge in [0.1, 0.15) is 23.5 Å². The lowest BCUT2D eigenvalue weighted by Crippen LogP contribution is -2.48. The van der Waals surface area contributed by atoms with Gasteiger partial charge in [-0.15, -0.1) is 0 Å². The van der Waals surface area contributed by atoms with Crippen LogP contribution in [0.5, 0.6) is 0 Å². The zero-order valence-electron chi connectivity index (χ0n) is 20.6. The minimum Gasteiger partial charge on any atom is -0.368 e. The molecule has 3 aromatic rings. The molecular weight excluding hydrogens is 483 g/mol. The number of hydrogen-bond donors (Lipinski definition) is 2. The number of para-hydroxylation sites is 1. The molecule has 1 aliphatic rings. The van der Waals surface area contributed by atoms with Crippen LogP contribution in [-0.2, 0) is 21.4 Å². The average molecular weight is 515 g/mol. The molecule has 3 N–H and O–H groups in total. The van der Waals surface area contributed by atoms with Gasteiger partial charge in [-0.25, -0.2) is 22.8 Å². The molecule has 1 atom stereocenters. The number of anilines is 1. The molecule has 0 radical (unpaired) electrons. The molecule has 0 aliphatic carbocycles. The fraction of sp³-hybridized carbons (Fsp3) is 0.400. The van der Waals surface area contributed by atoms with Gasteiger partial charge < -0.3 is 11.1 Å². The largest absolute Gasteiger partial charge is 0.368 e. The van der Waals surface area contributed by atoms with Gasteiger partial charge >= 0.3 is 0 Å². The number of primary amides is 1. The number of piperazine rings is 1. The third-order valence-electron chi connectivity index (χ3n) is 6.38. The topological polar surface area (TPSA) is 122 Å². The number of nitrogens with one attached hydrogen (secondary N) is 1. The first-order chi connectivity index (χ1) is 17.1. The Hall–Kier alpha value is -3.15. The van der Waals surface area contributed by atoms with Crippen LogP contribution in [0.2, 0.25) is 0 Å². The van der Waals surface area contributed by atoms with Crippen molar-refractivity contribution in [3.05, 3.63) is 59.7 Å². The van der Waals surface area contributed by atoms with E-state index in [0.717, 1.165) is 17.0 Å². The lowest BCUT2D eigenvalue weighted by molar-refractivity contribution is -0.119. The summed E-state index contributed by atoms with van der Waals surface area (Å²) in [5.41, 5.74) is 6.85. The van der Waals surface area contributed by atoms with Gasteiger partial charge in [-0.1, -0.05) is 32.0 Å². The van der Waals surface area contributed by atoms with Crippen LogP contribution in [0.15, 0.2) is 47.4 Å². The number of carbonyl (C=O) groups excluding carboxylic acids is 1. The molecule has 0 bridgehead atoms. The third kappa shape index (κ3) is 5.48. The summed E-state index contributed by atoms with van der Waals surface area (Å²) < 4.78 is 41.3. The number of hydrogen-bond acceptors (Lipinski definition) is 7. The van der Waals surface area contributed by atoms with Gasteiger partial charge in [-0.3, -0.25) is 9.69 Å². The van der Waals surface area contributed by atoms with Crippen molar-refractivity contribution in [2.45, 2.75) is 38.3 Å². The summed E-state index contributed by atoms with van der Waals surface area (Å²) in [6, 6.07) is 10.8. The smallest absolute Gasteiger partial charge is 0.243 e. The van der Waals surface area contributed by atoms with Crippen molar-refractivity contribution in [2.75, 3.05) is 31.5 Å². The van der Waals surface area contributed by atoms with Crippen LogP contribution in [-0.4, -0.2) is 65.7 Å². The number of fused-ring (bicyclic) bond motifs is 1. The highest BCUT2D eigenvalue weighted by atomic mass is 32.2. The quantitative estimate of drug-likeness (QED) is 0.474. The average Bonchev–Trinajstić information content (AvgIpc) is 2.83. The molecule has 1 fully saturated rings. The normalized spacial score (nSPS) is 16.4. The number of aryl methyl sites for hydroxylation is 1. The van der Waals surface area contributed by atoms with E-state index in [1.54, 1.807) is 6.92 Å². The van der Waals surface area contributed by atoms with E-state index in [-0.39, 0.29) is 23.9 Å². The molecular formula is C25H31FN6O3S. The van der Waals surface area contributed by atoms with E-state index in [1.165, 1.54) is 16.4 Å². The minimum absolute atomic E-state index is 0.00122. The maximum atomic E-state index is 13.7. The first kappa shape index (κ1) is 25.9. The Kier molecular flexibility index (Phi) is 7.53. The minimum atomic E-state index is -3.80. The zero-order valence-corrected chi connectivity index (χ0v) is 21.4. The molecule has 36 heavy (non-hydrogen) atoms. The summed E-state index contributed by atoms with van der Waals surface area (Å²) in [5, 5.41) is 3.98. The van der Waals surface area contributed by atoms with E-state index in [4.69, 9.17) is 10.7 Å². The molecule has 192 valence electrons. The van der Waals surface area contributed by atoms with Crippen molar-refractivity contribution in [3.8, 4) is 0 Å².